The minimum absolute atomic E-state index is 0.0492. The van der Waals surface area contributed by atoms with E-state index in [4.69, 9.17) is 28.4 Å². The summed E-state index contributed by atoms with van der Waals surface area (Å²) in [7, 11) is 3.13. The van der Waals surface area contributed by atoms with E-state index in [1.54, 1.807) is 18.9 Å². The first-order valence-corrected chi connectivity index (χ1v) is 17.2. The summed E-state index contributed by atoms with van der Waals surface area (Å²) in [5.41, 5.74) is 2.30. The quantitative estimate of drug-likeness (QED) is 0.118. The maximum atomic E-state index is 13.3. The van der Waals surface area contributed by atoms with Gasteiger partial charge in [-0.05, 0) is 74.0 Å². The fourth-order valence-corrected chi connectivity index (χ4v) is 7.10. The van der Waals surface area contributed by atoms with E-state index in [0.717, 1.165) is 75.0 Å². The average molecular weight is 619 g/mol. The molecule has 1 aromatic rings. The van der Waals surface area contributed by atoms with Crippen molar-refractivity contribution in [2.45, 2.75) is 102 Å². The number of ketones is 1. The Balaban J connectivity index is 1.46. The first kappa shape index (κ1) is 34.1. The number of hydrogen-bond donors (Lipinski definition) is 0. The molecule has 0 bridgehead atoms. The molecule has 240 valence electrons. The first-order chi connectivity index (χ1) is 21.1. The third kappa shape index (κ3) is 11.6. The summed E-state index contributed by atoms with van der Waals surface area (Å²) in [6.45, 7) is 1.99. The van der Waals surface area contributed by atoms with Crippen molar-refractivity contribution >= 4 is 23.5 Å². The molecule has 8 nitrogen and oxygen atoms in total. The van der Waals surface area contributed by atoms with E-state index in [2.05, 4.69) is 36.4 Å². The zero-order valence-corrected chi connectivity index (χ0v) is 26.7. The van der Waals surface area contributed by atoms with Gasteiger partial charge in [-0.15, -0.1) is 0 Å². The third-order valence-electron chi connectivity index (χ3n) is 8.40. The Labute approximate surface area is 261 Å². The van der Waals surface area contributed by atoms with Gasteiger partial charge in [0.1, 0.15) is 5.78 Å². The molecule has 0 amide bonds. The Morgan fingerprint density at radius 2 is 1.81 bits per heavy atom. The number of hydrogen-bond acceptors (Lipinski definition) is 9. The highest BCUT2D eigenvalue weighted by Gasteiger charge is 2.42. The fourth-order valence-electron chi connectivity index (χ4n) is 6.13. The van der Waals surface area contributed by atoms with Crippen LogP contribution in [0.5, 0.6) is 0 Å². The number of benzene rings is 1. The van der Waals surface area contributed by atoms with Crippen LogP contribution in [-0.4, -0.2) is 75.5 Å². The smallest absolute Gasteiger partial charge is 0.305 e. The molecule has 1 saturated carbocycles. The number of carbonyl (C=O) groups is 2. The molecule has 3 aliphatic rings. The molecule has 3 fully saturated rings. The van der Waals surface area contributed by atoms with E-state index in [9.17, 15) is 9.59 Å². The molecule has 2 heterocycles. The molecule has 6 atom stereocenters. The molecule has 4 rings (SSSR count). The Kier molecular flexibility index (Phi) is 15.0. The number of thioether (sulfide) groups is 1. The van der Waals surface area contributed by atoms with Crippen molar-refractivity contribution in [3.05, 3.63) is 47.5 Å². The molecule has 0 radical (unpaired) electrons. The Morgan fingerprint density at radius 1 is 1.05 bits per heavy atom. The lowest BCUT2D eigenvalue weighted by Crippen LogP contribution is -2.31. The van der Waals surface area contributed by atoms with E-state index < -0.39 is 0 Å². The predicted octanol–water partition coefficient (Wildman–Crippen LogP) is 6.04. The van der Waals surface area contributed by atoms with Gasteiger partial charge in [-0.2, -0.15) is 11.8 Å². The lowest BCUT2D eigenvalue weighted by Gasteiger charge is -2.29. The minimum Gasteiger partial charge on any atom is -0.469 e. The van der Waals surface area contributed by atoms with E-state index in [0.29, 0.717) is 32.5 Å². The zero-order chi connectivity index (χ0) is 30.3. The SMILES string of the molecule is COCc1cccc(C[C@@H](C=C[C@H]2[C@H](OC3CCCCO3)CC(=O)[C@@H]2CCSCCCC(=O)OC)OC2CCCCO2)c1. The van der Waals surface area contributed by atoms with Gasteiger partial charge in [-0.3, -0.25) is 9.59 Å². The van der Waals surface area contributed by atoms with E-state index in [-0.39, 0.29) is 48.4 Å². The average Bonchev–Trinajstić information content (AvgIpc) is 3.31. The van der Waals surface area contributed by atoms with Gasteiger partial charge in [0.15, 0.2) is 12.6 Å². The molecule has 0 aromatic heterocycles. The molecule has 1 aliphatic carbocycles. The van der Waals surface area contributed by atoms with Crippen LogP contribution in [0.25, 0.3) is 0 Å². The molecular formula is C34H50O8S. The van der Waals surface area contributed by atoms with Crippen LogP contribution in [0, 0.1) is 11.8 Å². The molecule has 43 heavy (non-hydrogen) atoms. The van der Waals surface area contributed by atoms with Crippen molar-refractivity contribution in [3.8, 4) is 0 Å². The molecule has 0 N–H and O–H groups in total. The highest BCUT2D eigenvalue weighted by Crippen LogP contribution is 2.37. The van der Waals surface area contributed by atoms with Crippen molar-refractivity contribution in [1.82, 2.24) is 0 Å². The second kappa shape index (κ2) is 18.9. The Morgan fingerprint density at radius 3 is 2.53 bits per heavy atom. The number of Topliss-reactive ketones (excluding diaryl/α,β-unsaturated/α-hetero) is 1. The maximum Gasteiger partial charge on any atom is 0.305 e. The lowest BCUT2D eigenvalue weighted by atomic mass is 9.90. The fraction of sp³-hybridized carbons (Fsp3) is 0.706. The van der Waals surface area contributed by atoms with Crippen LogP contribution < -0.4 is 0 Å². The first-order valence-electron chi connectivity index (χ1n) is 16.0. The van der Waals surface area contributed by atoms with Gasteiger partial charge in [-0.25, -0.2) is 0 Å². The highest BCUT2D eigenvalue weighted by molar-refractivity contribution is 7.99. The van der Waals surface area contributed by atoms with Crippen molar-refractivity contribution in [3.63, 3.8) is 0 Å². The molecule has 2 aliphatic heterocycles. The molecule has 1 aromatic carbocycles. The van der Waals surface area contributed by atoms with Gasteiger partial charge in [0.2, 0.25) is 0 Å². The molecular weight excluding hydrogens is 568 g/mol. The lowest BCUT2D eigenvalue weighted by molar-refractivity contribution is -0.192. The summed E-state index contributed by atoms with van der Waals surface area (Å²) in [5, 5.41) is 0. The number of esters is 1. The van der Waals surface area contributed by atoms with Gasteiger partial charge in [-0.1, -0.05) is 36.4 Å². The predicted molar refractivity (Wildman–Crippen MR) is 167 cm³/mol. The minimum atomic E-state index is -0.250. The largest absolute Gasteiger partial charge is 0.469 e. The maximum absolute atomic E-state index is 13.3. The van der Waals surface area contributed by atoms with Crippen LogP contribution in [0.15, 0.2) is 36.4 Å². The summed E-state index contributed by atoms with van der Waals surface area (Å²) in [5.74, 6) is 1.64. The van der Waals surface area contributed by atoms with Crippen LogP contribution >= 0.6 is 11.8 Å². The second-order valence-corrected chi connectivity index (χ2v) is 12.9. The van der Waals surface area contributed by atoms with Gasteiger partial charge in [0, 0.05) is 51.4 Å². The highest BCUT2D eigenvalue weighted by atomic mass is 32.2. The van der Waals surface area contributed by atoms with E-state index in [1.165, 1.54) is 12.7 Å². The summed E-state index contributed by atoms with van der Waals surface area (Å²) >= 11 is 1.79. The van der Waals surface area contributed by atoms with Crippen LogP contribution in [0.3, 0.4) is 0 Å². The van der Waals surface area contributed by atoms with E-state index in [1.807, 2.05) is 0 Å². The molecule has 2 saturated heterocycles. The van der Waals surface area contributed by atoms with Gasteiger partial charge in [0.05, 0.1) is 25.9 Å². The summed E-state index contributed by atoms with van der Waals surface area (Å²) in [6.07, 6.45) is 12.6. The van der Waals surface area contributed by atoms with Crippen molar-refractivity contribution in [2.24, 2.45) is 11.8 Å². The summed E-state index contributed by atoms with van der Waals surface area (Å²) in [4.78, 5) is 24.8. The summed E-state index contributed by atoms with van der Waals surface area (Å²) < 4.78 is 34.9. The van der Waals surface area contributed by atoms with Crippen LogP contribution in [0.1, 0.15) is 75.3 Å². The normalized spacial score (nSPS) is 27.0. The van der Waals surface area contributed by atoms with Crippen molar-refractivity contribution in [2.75, 3.05) is 38.9 Å². The molecule has 0 spiro atoms. The second-order valence-electron chi connectivity index (χ2n) is 11.7. The molecule has 2 unspecified atom stereocenters. The standard InChI is InChI=1S/C34H50O8S/c1-37-24-26-10-7-9-25(21-26)22-27(41-33-12-3-5-17-39-33)14-15-29-28(16-20-43-19-8-11-32(36)38-2)30(35)23-31(29)42-34-13-4-6-18-40-34/h7,9-10,14-15,21,27-29,31,33-34H,3-6,8,11-13,16-20,22-24H2,1-2H3/t27-,28-,29-,31-,33?,34?/m1/s1. The van der Waals surface area contributed by atoms with E-state index >= 15 is 0 Å². The van der Waals surface area contributed by atoms with Gasteiger partial charge in [0.25, 0.3) is 0 Å². The number of carbonyl (C=O) groups excluding carboxylic acids is 2. The topological polar surface area (TPSA) is 89.5 Å². The van der Waals surface area contributed by atoms with Crippen LogP contribution in [-0.2, 0) is 51.0 Å². The third-order valence-corrected chi connectivity index (χ3v) is 9.50. The Hall–Kier alpha value is -1.75. The number of ether oxygens (including phenoxy) is 6. The molecule has 9 heteroatoms. The van der Waals surface area contributed by atoms with Crippen molar-refractivity contribution in [1.29, 1.82) is 0 Å². The van der Waals surface area contributed by atoms with Gasteiger partial charge < -0.3 is 28.4 Å². The number of rotatable bonds is 17. The Bertz CT molecular complexity index is 1000. The van der Waals surface area contributed by atoms with Crippen LogP contribution in [0.2, 0.25) is 0 Å². The van der Waals surface area contributed by atoms with Gasteiger partial charge >= 0.3 is 5.97 Å². The summed E-state index contributed by atoms with van der Waals surface area (Å²) in [6, 6.07) is 8.42. The van der Waals surface area contributed by atoms with Crippen LogP contribution in [0.4, 0.5) is 0 Å². The van der Waals surface area contributed by atoms with Crippen molar-refractivity contribution < 1.29 is 38.0 Å². The zero-order valence-electron chi connectivity index (χ0n) is 25.9. The monoisotopic (exact) mass is 618 g/mol. The number of methoxy groups -OCH3 is 2.